The Hall–Kier alpha value is -4.03. The number of aryl methyl sites for hydroxylation is 2. The topological polar surface area (TPSA) is 129 Å². The lowest BCUT2D eigenvalue weighted by molar-refractivity contribution is -0.121. The number of hydrogen-bond donors (Lipinski definition) is 3. The van der Waals surface area contributed by atoms with Gasteiger partial charge in [-0.2, -0.15) is 0 Å². The molecule has 5 heterocycles. The van der Waals surface area contributed by atoms with E-state index in [9.17, 15) is 4.79 Å². The van der Waals surface area contributed by atoms with Gasteiger partial charge in [-0.05, 0) is 32.5 Å². The molecule has 4 aromatic heterocycles. The number of methoxy groups -OCH3 is 1. The van der Waals surface area contributed by atoms with Crippen LogP contribution in [0.15, 0.2) is 30.9 Å². The zero-order chi connectivity index (χ0) is 26.1. The number of aromatic amines is 1. The van der Waals surface area contributed by atoms with Crippen LogP contribution >= 0.6 is 0 Å². The molecule has 0 spiro atoms. The molecule has 4 aromatic rings. The maximum Gasteiger partial charge on any atom is 0.256 e. The van der Waals surface area contributed by atoms with E-state index in [1.165, 1.54) is 0 Å². The predicted octanol–water partition coefficient (Wildman–Crippen LogP) is 2.39. The van der Waals surface area contributed by atoms with Crippen LogP contribution in [0.4, 0.5) is 17.5 Å². The normalized spacial score (nSPS) is 15.6. The summed E-state index contributed by atoms with van der Waals surface area (Å²) in [4.78, 5) is 34.5. The Morgan fingerprint density at radius 2 is 1.97 bits per heavy atom. The lowest BCUT2D eigenvalue weighted by Gasteiger charge is -2.35. The van der Waals surface area contributed by atoms with Crippen molar-refractivity contribution in [2.75, 3.05) is 51.0 Å². The minimum Gasteiger partial charge on any atom is -0.478 e. The van der Waals surface area contributed by atoms with Crippen LogP contribution in [-0.2, 0) is 11.8 Å². The molecule has 3 N–H and O–H groups in total. The Bertz CT molecular complexity index is 1420. The van der Waals surface area contributed by atoms with Crippen LogP contribution in [0, 0.1) is 6.92 Å². The molecule has 1 atom stereocenters. The molecule has 1 fully saturated rings. The molecule has 37 heavy (non-hydrogen) atoms. The minimum absolute atomic E-state index is 0.0733. The minimum atomic E-state index is -0.248. The molecular weight excluding hydrogens is 472 g/mol. The summed E-state index contributed by atoms with van der Waals surface area (Å²) in [5.41, 5.74) is 3.98. The van der Waals surface area contributed by atoms with Crippen LogP contribution in [0.2, 0.25) is 0 Å². The third-order valence-corrected chi connectivity index (χ3v) is 6.77. The summed E-state index contributed by atoms with van der Waals surface area (Å²) in [5, 5.41) is 11.4. The Kier molecular flexibility index (Phi) is 6.76. The molecule has 0 saturated carbocycles. The van der Waals surface area contributed by atoms with E-state index in [1.807, 2.05) is 33.2 Å². The highest BCUT2D eigenvalue weighted by atomic mass is 16.5. The second-order valence-corrected chi connectivity index (χ2v) is 9.36. The SMILES string of the molecule is COc1nn(C)cc1Nc1ncc(C)c(-c2c[nH]c3c(NC(=O)[C@H](C)N4CCN(C)CC4)nccc23)n1. The van der Waals surface area contributed by atoms with Crippen LogP contribution in [0.1, 0.15) is 12.5 Å². The number of anilines is 3. The smallest absolute Gasteiger partial charge is 0.256 e. The number of fused-ring (bicyclic) bond motifs is 1. The second kappa shape index (κ2) is 10.1. The Labute approximate surface area is 215 Å². The van der Waals surface area contributed by atoms with Crippen molar-refractivity contribution in [3.8, 4) is 17.1 Å². The van der Waals surface area contributed by atoms with Gasteiger partial charge >= 0.3 is 0 Å². The molecule has 1 saturated heterocycles. The van der Waals surface area contributed by atoms with Gasteiger partial charge in [0.1, 0.15) is 5.69 Å². The number of piperazine rings is 1. The average molecular weight is 505 g/mol. The molecule has 1 aliphatic heterocycles. The molecule has 0 aromatic carbocycles. The zero-order valence-corrected chi connectivity index (χ0v) is 21.7. The Morgan fingerprint density at radius 3 is 2.73 bits per heavy atom. The molecule has 0 aliphatic carbocycles. The Morgan fingerprint density at radius 1 is 1.19 bits per heavy atom. The number of H-pyrrole nitrogens is 1. The summed E-state index contributed by atoms with van der Waals surface area (Å²) < 4.78 is 6.98. The van der Waals surface area contributed by atoms with Crippen molar-refractivity contribution in [1.82, 2.24) is 39.5 Å². The van der Waals surface area contributed by atoms with Crippen LogP contribution in [0.3, 0.4) is 0 Å². The first-order valence-electron chi connectivity index (χ1n) is 12.2. The maximum atomic E-state index is 13.1. The van der Waals surface area contributed by atoms with E-state index in [0.717, 1.165) is 53.9 Å². The molecule has 194 valence electrons. The molecule has 0 radical (unpaired) electrons. The van der Waals surface area contributed by atoms with E-state index >= 15 is 0 Å². The van der Waals surface area contributed by atoms with Crippen molar-refractivity contribution in [2.24, 2.45) is 7.05 Å². The molecule has 1 aliphatic rings. The van der Waals surface area contributed by atoms with Gasteiger partial charge in [0, 0.05) is 62.8 Å². The van der Waals surface area contributed by atoms with Crippen molar-refractivity contribution in [2.45, 2.75) is 19.9 Å². The van der Waals surface area contributed by atoms with Gasteiger partial charge in [0.25, 0.3) is 5.88 Å². The molecule has 0 unspecified atom stereocenters. The van der Waals surface area contributed by atoms with Gasteiger partial charge in [-0.25, -0.2) is 15.0 Å². The molecule has 0 bridgehead atoms. The number of pyridine rings is 1. The van der Waals surface area contributed by atoms with Gasteiger partial charge in [0.15, 0.2) is 5.82 Å². The predicted molar refractivity (Wildman–Crippen MR) is 142 cm³/mol. The number of aromatic nitrogens is 6. The first-order chi connectivity index (χ1) is 17.8. The lowest BCUT2D eigenvalue weighted by atomic mass is 10.1. The van der Waals surface area contributed by atoms with Gasteiger partial charge in [0.2, 0.25) is 11.9 Å². The molecule has 12 nitrogen and oxygen atoms in total. The number of likely N-dealkylation sites (N-methyl/N-ethyl adjacent to an activating group) is 1. The number of ether oxygens (including phenoxy) is 1. The monoisotopic (exact) mass is 504 g/mol. The first kappa shape index (κ1) is 24.7. The summed E-state index contributed by atoms with van der Waals surface area (Å²) in [6, 6.07) is 1.67. The van der Waals surface area contributed by atoms with Crippen molar-refractivity contribution >= 4 is 34.3 Å². The third-order valence-electron chi connectivity index (χ3n) is 6.77. The van der Waals surface area contributed by atoms with E-state index in [4.69, 9.17) is 9.72 Å². The second-order valence-electron chi connectivity index (χ2n) is 9.36. The highest BCUT2D eigenvalue weighted by molar-refractivity contribution is 6.05. The van der Waals surface area contributed by atoms with Gasteiger partial charge < -0.3 is 25.3 Å². The highest BCUT2D eigenvalue weighted by Crippen LogP contribution is 2.33. The number of carbonyl (C=O) groups excluding carboxylic acids is 1. The summed E-state index contributed by atoms with van der Waals surface area (Å²) in [7, 11) is 5.48. The third kappa shape index (κ3) is 4.98. The highest BCUT2D eigenvalue weighted by Gasteiger charge is 2.25. The number of rotatable bonds is 7. The van der Waals surface area contributed by atoms with Crippen LogP contribution in [0.5, 0.6) is 5.88 Å². The molecule has 12 heteroatoms. The van der Waals surface area contributed by atoms with E-state index in [-0.39, 0.29) is 11.9 Å². The fraction of sp³-hybridized carbons (Fsp3) is 0.400. The van der Waals surface area contributed by atoms with Crippen molar-refractivity contribution in [1.29, 1.82) is 0 Å². The standard InChI is InChI=1S/C25H32N10O2/c1-15-12-28-25(29-19-14-34(4)32-24(19)37-5)30-20(15)18-13-27-21-17(18)6-7-26-22(21)31-23(36)16(2)35-10-8-33(3)9-11-35/h6-7,12-14,16,27H,8-11H2,1-5H3,(H,26,31,36)(H,28,29,30)/t16-/m0/s1. The van der Waals surface area contributed by atoms with E-state index in [1.54, 1.807) is 30.4 Å². The van der Waals surface area contributed by atoms with Gasteiger partial charge in [-0.3, -0.25) is 14.4 Å². The number of nitrogens with one attached hydrogen (secondary N) is 3. The van der Waals surface area contributed by atoms with E-state index in [2.05, 4.69) is 47.5 Å². The van der Waals surface area contributed by atoms with Crippen LogP contribution < -0.4 is 15.4 Å². The fourth-order valence-electron chi connectivity index (χ4n) is 4.54. The number of carbonyl (C=O) groups is 1. The largest absolute Gasteiger partial charge is 0.478 e. The van der Waals surface area contributed by atoms with Crippen molar-refractivity contribution in [3.63, 3.8) is 0 Å². The van der Waals surface area contributed by atoms with Gasteiger partial charge in [-0.1, -0.05) is 0 Å². The average Bonchev–Trinajstić information content (AvgIpc) is 3.48. The first-order valence-corrected chi connectivity index (χ1v) is 12.2. The number of nitrogens with zero attached hydrogens (tertiary/aromatic N) is 7. The molecule has 5 rings (SSSR count). The van der Waals surface area contributed by atoms with Gasteiger partial charge in [-0.15, -0.1) is 5.10 Å². The van der Waals surface area contributed by atoms with E-state index < -0.39 is 0 Å². The van der Waals surface area contributed by atoms with Crippen molar-refractivity contribution < 1.29 is 9.53 Å². The number of hydrogen-bond acceptors (Lipinski definition) is 9. The van der Waals surface area contributed by atoms with E-state index in [0.29, 0.717) is 23.3 Å². The molecule has 1 amide bonds. The summed E-state index contributed by atoms with van der Waals surface area (Å²) in [5.74, 6) is 1.30. The van der Waals surface area contributed by atoms with Crippen LogP contribution in [0.25, 0.3) is 22.2 Å². The van der Waals surface area contributed by atoms with Crippen molar-refractivity contribution in [3.05, 3.63) is 36.4 Å². The summed E-state index contributed by atoms with van der Waals surface area (Å²) in [6.45, 7) is 7.54. The number of amides is 1. The Balaban J connectivity index is 1.40. The zero-order valence-electron chi connectivity index (χ0n) is 21.7. The fourth-order valence-corrected chi connectivity index (χ4v) is 4.54. The quantitative estimate of drug-likeness (QED) is 0.347. The summed E-state index contributed by atoms with van der Waals surface area (Å²) in [6.07, 6.45) is 7.16. The maximum absolute atomic E-state index is 13.1. The summed E-state index contributed by atoms with van der Waals surface area (Å²) >= 11 is 0. The lowest BCUT2D eigenvalue weighted by Crippen LogP contribution is -2.51. The van der Waals surface area contributed by atoms with Crippen LogP contribution in [-0.4, -0.2) is 91.8 Å². The van der Waals surface area contributed by atoms with Gasteiger partial charge in [0.05, 0.1) is 30.6 Å². The molecular formula is C25H32N10O2.